The Bertz CT molecular complexity index is 693. The molecule has 0 fully saturated rings. The summed E-state index contributed by atoms with van der Waals surface area (Å²) in [5, 5.41) is -0.0333. The van der Waals surface area contributed by atoms with Gasteiger partial charge in [0, 0.05) is 5.33 Å². The molecule has 0 N–H and O–H groups in total. The third kappa shape index (κ3) is 4.63. The van der Waals surface area contributed by atoms with E-state index >= 15 is 0 Å². The van der Waals surface area contributed by atoms with E-state index in [1.54, 1.807) is 0 Å². The maximum atomic E-state index is 12.9. The average Bonchev–Trinajstić information content (AvgIpc) is 2.44. The number of rotatable bonds is 3. The highest BCUT2D eigenvalue weighted by molar-refractivity contribution is 9.08. The van der Waals surface area contributed by atoms with Crippen molar-refractivity contribution in [3.05, 3.63) is 53.6 Å². The van der Waals surface area contributed by atoms with Crippen LogP contribution in [0.2, 0.25) is 0 Å². The summed E-state index contributed by atoms with van der Waals surface area (Å²) >= 11 is 2.99. The van der Waals surface area contributed by atoms with Crippen molar-refractivity contribution in [2.24, 2.45) is 0 Å². The van der Waals surface area contributed by atoms with Gasteiger partial charge in [-0.05, 0) is 41.0 Å². The normalized spacial score (nSPS) is 12.3. The number of benzene rings is 2. The van der Waals surface area contributed by atoms with Gasteiger partial charge in [-0.25, -0.2) is 0 Å². The van der Waals surface area contributed by atoms with Crippen LogP contribution in [0.1, 0.15) is 11.1 Å². The Labute approximate surface area is 136 Å². The van der Waals surface area contributed by atoms with Crippen molar-refractivity contribution in [3.63, 3.8) is 0 Å². The maximum absolute atomic E-state index is 12.9. The molecule has 8 heteroatoms. The zero-order chi connectivity index (χ0) is 17.3. The third-order valence-corrected chi connectivity index (χ3v) is 3.56. The van der Waals surface area contributed by atoms with E-state index in [0.717, 1.165) is 18.2 Å². The SMILES string of the molecule is FC(F)(F)Oc1cccc(-c2ccc(C(F)(F)F)c(CBr)c2)c1. The first-order chi connectivity index (χ1) is 10.6. The summed E-state index contributed by atoms with van der Waals surface area (Å²) in [4.78, 5) is 0. The minimum Gasteiger partial charge on any atom is -0.406 e. The van der Waals surface area contributed by atoms with Crippen LogP contribution in [0.15, 0.2) is 42.5 Å². The average molecular weight is 399 g/mol. The Hall–Kier alpha value is -1.70. The highest BCUT2D eigenvalue weighted by atomic mass is 79.9. The zero-order valence-electron chi connectivity index (χ0n) is 11.3. The molecule has 0 aliphatic rings. The summed E-state index contributed by atoms with van der Waals surface area (Å²) in [6.07, 6.45) is -9.33. The molecule has 124 valence electrons. The molecule has 0 aliphatic carbocycles. The molecule has 0 saturated heterocycles. The Kier molecular flexibility index (Phi) is 4.93. The van der Waals surface area contributed by atoms with E-state index in [2.05, 4.69) is 20.7 Å². The summed E-state index contributed by atoms with van der Waals surface area (Å²) in [6.45, 7) is 0. The molecule has 0 bridgehead atoms. The van der Waals surface area contributed by atoms with Gasteiger partial charge < -0.3 is 4.74 Å². The van der Waals surface area contributed by atoms with Crippen LogP contribution in [0.25, 0.3) is 11.1 Å². The second kappa shape index (κ2) is 6.43. The fourth-order valence-corrected chi connectivity index (χ4v) is 2.50. The van der Waals surface area contributed by atoms with Gasteiger partial charge in [-0.15, -0.1) is 13.2 Å². The lowest BCUT2D eigenvalue weighted by atomic mass is 9.99. The van der Waals surface area contributed by atoms with Crippen molar-refractivity contribution >= 4 is 15.9 Å². The van der Waals surface area contributed by atoms with Gasteiger partial charge in [-0.3, -0.25) is 0 Å². The number of hydrogen-bond acceptors (Lipinski definition) is 1. The highest BCUT2D eigenvalue weighted by Crippen LogP contribution is 2.36. The molecule has 0 radical (unpaired) electrons. The summed E-state index contributed by atoms with van der Waals surface area (Å²) in [7, 11) is 0. The molecule has 2 rings (SSSR count). The van der Waals surface area contributed by atoms with Gasteiger partial charge in [0.1, 0.15) is 5.75 Å². The van der Waals surface area contributed by atoms with Crippen LogP contribution < -0.4 is 4.74 Å². The molecule has 2 aromatic rings. The van der Waals surface area contributed by atoms with Gasteiger partial charge in [0.25, 0.3) is 0 Å². The first kappa shape index (κ1) is 17.7. The van der Waals surface area contributed by atoms with E-state index in [9.17, 15) is 26.3 Å². The van der Waals surface area contributed by atoms with E-state index in [4.69, 9.17) is 0 Å². The highest BCUT2D eigenvalue weighted by Gasteiger charge is 2.33. The van der Waals surface area contributed by atoms with E-state index in [1.165, 1.54) is 24.3 Å². The van der Waals surface area contributed by atoms with Crippen LogP contribution in [-0.4, -0.2) is 6.36 Å². The Morgan fingerprint density at radius 1 is 0.870 bits per heavy atom. The lowest BCUT2D eigenvalue weighted by Gasteiger charge is -2.14. The molecule has 0 unspecified atom stereocenters. The summed E-state index contributed by atoms with van der Waals surface area (Å²) < 4.78 is 79.0. The Morgan fingerprint density at radius 2 is 1.52 bits per heavy atom. The van der Waals surface area contributed by atoms with E-state index in [-0.39, 0.29) is 10.9 Å². The molecule has 0 saturated carbocycles. The van der Waals surface area contributed by atoms with Crippen LogP contribution >= 0.6 is 15.9 Å². The molecule has 0 amide bonds. The monoisotopic (exact) mass is 398 g/mol. The molecule has 0 aliphatic heterocycles. The Morgan fingerprint density at radius 3 is 2.09 bits per heavy atom. The molecule has 2 aromatic carbocycles. The molecule has 0 atom stereocenters. The molecule has 0 heterocycles. The molecule has 0 spiro atoms. The van der Waals surface area contributed by atoms with Crippen LogP contribution in [-0.2, 0) is 11.5 Å². The largest absolute Gasteiger partial charge is 0.573 e. The van der Waals surface area contributed by atoms with Crippen molar-refractivity contribution in [3.8, 4) is 16.9 Å². The minimum absolute atomic E-state index is 0.00265. The number of halogens is 7. The quantitative estimate of drug-likeness (QED) is 0.444. The second-order valence-electron chi connectivity index (χ2n) is 4.58. The van der Waals surface area contributed by atoms with Gasteiger partial charge >= 0.3 is 12.5 Å². The molecular formula is C15H9BrF6O. The molecule has 23 heavy (non-hydrogen) atoms. The smallest absolute Gasteiger partial charge is 0.406 e. The van der Waals surface area contributed by atoms with Gasteiger partial charge in [-0.2, -0.15) is 13.2 Å². The van der Waals surface area contributed by atoms with Crippen LogP contribution in [0.3, 0.4) is 0 Å². The lowest BCUT2D eigenvalue weighted by molar-refractivity contribution is -0.274. The van der Waals surface area contributed by atoms with Gasteiger partial charge in [0.2, 0.25) is 0 Å². The van der Waals surface area contributed by atoms with Gasteiger partial charge in [-0.1, -0.05) is 34.1 Å². The molecule has 0 aromatic heterocycles. The van der Waals surface area contributed by atoms with Crippen LogP contribution in [0.4, 0.5) is 26.3 Å². The van der Waals surface area contributed by atoms with Crippen molar-refractivity contribution in [2.75, 3.05) is 0 Å². The van der Waals surface area contributed by atoms with Crippen molar-refractivity contribution < 1.29 is 31.1 Å². The van der Waals surface area contributed by atoms with Crippen molar-refractivity contribution in [1.82, 2.24) is 0 Å². The number of hydrogen-bond donors (Lipinski definition) is 0. The standard InChI is InChI=1S/C15H9BrF6O/c16-8-11-6-10(4-5-13(11)14(17,18)19)9-2-1-3-12(7-9)23-15(20,21)22/h1-7H,8H2. The van der Waals surface area contributed by atoms with Crippen molar-refractivity contribution in [2.45, 2.75) is 17.9 Å². The number of alkyl halides is 7. The second-order valence-corrected chi connectivity index (χ2v) is 5.14. The lowest BCUT2D eigenvalue weighted by Crippen LogP contribution is -2.17. The number of ether oxygens (including phenoxy) is 1. The third-order valence-electron chi connectivity index (χ3n) is 2.96. The predicted molar refractivity (Wildman–Crippen MR) is 76.2 cm³/mol. The van der Waals surface area contributed by atoms with Gasteiger partial charge in [0.05, 0.1) is 5.56 Å². The van der Waals surface area contributed by atoms with Gasteiger partial charge in [0.15, 0.2) is 0 Å². The van der Waals surface area contributed by atoms with E-state index in [1.807, 2.05) is 0 Å². The minimum atomic E-state index is -4.83. The first-order valence-electron chi connectivity index (χ1n) is 6.22. The fourth-order valence-electron chi connectivity index (χ4n) is 2.03. The molecule has 1 nitrogen and oxygen atoms in total. The summed E-state index contributed by atoms with van der Waals surface area (Å²) in [6, 6.07) is 8.46. The predicted octanol–water partition coefficient (Wildman–Crippen LogP) is 6.17. The zero-order valence-corrected chi connectivity index (χ0v) is 12.9. The van der Waals surface area contributed by atoms with Crippen molar-refractivity contribution in [1.29, 1.82) is 0 Å². The fraction of sp³-hybridized carbons (Fsp3) is 0.200. The van der Waals surface area contributed by atoms with Crippen LogP contribution in [0, 0.1) is 0 Å². The Balaban J connectivity index is 2.41. The summed E-state index contributed by atoms with van der Waals surface area (Å²) in [5.41, 5.74) is -0.110. The summed E-state index contributed by atoms with van der Waals surface area (Å²) in [5.74, 6) is -0.435. The maximum Gasteiger partial charge on any atom is 0.573 e. The van der Waals surface area contributed by atoms with E-state index < -0.39 is 23.9 Å². The topological polar surface area (TPSA) is 9.23 Å². The molecular weight excluding hydrogens is 390 g/mol. The van der Waals surface area contributed by atoms with E-state index in [0.29, 0.717) is 11.1 Å². The first-order valence-corrected chi connectivity index (χ1v) is 7.34. The van der Waals surface area contributed by atoms with Crippen LogP contribution in [0.5, 0.6) is 5.75 Å².